The number of benzene rings is 1. The number of pyridine rings is 2. The summed E-state index contributed by atoms with van der Waals surface area (Å²) in [6.07, 6.45) is 5.14. The summed E-state index contributed by atoms with van der Waals surface area (Å²) >= 11 is 0. The molecule has 0 saturated carbocycles. The van der Waals surface area contributed by atoms with Gasteiger partial charge in [0.1, 0.15) is 17.3 Å². The number of carbonyl (C=O) groups excluding carboxylic acids is 1. The monoisotopic (exact) mass is 445 g/mol. The summed E-state index contributed by atoms with van der Waals surface area (Å²) in [6.45, 7) is 6.55. The zero-order valence-electron chi connectivity index (χ0n) is 19.2. The van der Waals surface area contributed by atoms with Crippen molar-refractivity contribution in [3.05, 3.63) is 67.0 Å². The molecule has 33 heavy (non-hydrogen) atoms. The van der Waals surface area contributed by atoms with Gasteiger partial charge in [0.2, 0.25) is 11.8 Å². The highest BCUT2D eigenvalue weighted by Crippen LogP contribution is 2.33. The van der Waals surface area contributed by atoms with Gasteiger partial charge in [-0.15, -0.1) is 0 Å². The van der Waals surface area contributed by atoms with Crippen molar-refractivity contribution in [3.63, 3.8) is 0 Å². The Morgan fingerprint density at radius 1 is 1.03 bits per heavy atom. The molecule has 2 aromatic heterocycles. The third kappa shape index (κ3) is 6.22. The van der Waals surface area contributed by atoms with Crippen LogP contribution < -0.4 is 20.3 Å². The first kappa shape index (κ1) is 22.6. The Bertz CT molecular complexity index is 1030. The van der Waals surface area contributed by atoms with Crippen molar-refractivity contribution in [2.75, 3.05) is 29.9 Å². The minimum Gasteiger partial charge on any atom is -0.437 e. The summed E-state index contributed by atoms with van der Waals surface area (Å²) in [7, 11) is 0. The Kier molecular flexibility index (Phi) is 7.40. The number of piperidine rings is 1. The summed E-state index contributed by atoms with van der Waals surface area (Å²) in [4.78, 5) is 23.4. The highest BCUT2D eigenvalue weighted by atomic mass is 16.5. The number of ether oxygens (including phenoxy) is 1. The van der Waals surface area contributed by atoms with E-state index in [1.165, 1.54) is 0 Å². The second kappa shape index (κ2) is 10.8. The minimum absolute atomic E-state index is 0.0696. The molecule has 2 N–H and O–H groups in total. The van der Waals surface area contributed by atoms with Crippen LogP contribution in [0.2, 0.25) is 0 Å². The van der Waals surface area contributed by atoms with Crippen molar-refractivity contribution in [2.45, 2.75) is 26.7 Å². The van der Waals surface area contributed by atoms with Crippen molar-refractivity contribution in [3.8, 4) is 11.6 Å². The average Bonchev–Trinajstić information content (AvgIpc) is 2.85. The summed E-state index contributed by atoms with van der Waals surface area (Å²) in [5, 5.41) is 6.33. The fourth-order valence-corrected chi connectivity index (χ4v) is 3.84. The summed E-state index contributed by atoms with van der Waals surface area (Å²) in [6, 6.07) is 17.4. The number of nitrogens with zero attached hydrogens (tertiary/aromatic N) is 3. The Labute approximate surface area is 195 Å². The van der Waals surface area contributed by atoms with Gasteiger partial charge in [-0.05, 0) is 67.3 Å². The van der Waals surface area contributed by atoms with Crippen LogP contribution >= 0.6 is 0 Å². The number of rotatable bonds is 8. The molecule has 1 aliphatic rings. The fourth-order valence-electron chi connectivity index (χ4n) is 3.84. The first-order valence-corrected chi connectivity index (χ1v) is 11.5. The van der Waals surface area contributed by atoms with Gasteiger partial charge in [0.05, 0.1) is 0 Å². The summed E-state index contributed by atoms with van der Waals surface area (Å²) < 4.78 is 6.13. The summed E-state index contributed by atoms with van der Waals surface area (Å²) in [5.41, 5.74) is 1.88. The molecular formula is C26H31N5O2. The number of hydrogen-bond acceptors (Lipinski definition) is 6. The van der Waals surface area contributed by atoms with Crippen LogP contribution in [0.3, 0.4) is 0 Å². The second-order valence-electron chi connectivity index (χ2n) is 8.69. The molecule has 0 radical (unpaired) electrons. The van der Waals surface area contributed by atoms with Crippen LogP contribution in [0.5, 0.6) is 11.6 Å². The van der Waals surface area contributed by atoms with Crippen LogP contribution in [0.15, 0.2) is 67.0 Å². The predicted molar refractivity (Wildman–Crippen MR) is 131 cm³/mol. The molecule has 7 heteroatoms. The van der Waals surface area contributed by atoms with Crippen LogP contribution in [0.4, 0.5) is 17.2 Å². The minimum atomic E-state index is 0.0696. The molecular weight excluding hydrogens is 414 g/mol. The SMILES string of the molecule is CC(C)CNC(=O)C1CCN(c2cccnc2Oc2ccc(Nc3ccccn3)cc2)CC1. The highest BCUT2D eigenvalue weighted by Gasteiger charge is 2.26. The topological polar surface area (TPSA) is 79.4 Å². The normalized spacial score (nSPS) is 14.2. The third-order valence-electron chi connectivity index (χ3n) is 5.65. The van der Waals surface area contributed by atoms with Gasteiger partial charge in [0, 0.05) is 43.6 Å². The molecule has 0 atom stereocenters. The number of aromatic nitrogens is 2. The lowest BCUT2D eigenvalue weighted by Crippen LogP contribution is -2.41. The highest BCUT2D eigenvalue weighted by molar-refractivity contribution is 5.79. The van der Waals surface area contributed by atoms with Crippen molar-refractivity contribution in [1.29, 1.82) is 0 Å². The molecule has 1 amide bonds. The van der Waals surface area contributed by atoms with Gasteiger partial charge in [0.15, 0.2) is 0 Å². The maximum Gasteiger partial charge on any atom is 0.243 e. The predicted octanol–water partition coefficient (Wildman–Crippen LogP) is 5.00. The Hall–Kier alpha value is -3.61. The maximum atomic E-state index is 12.4. The molecule has 3 aromatic rings. The van der Waals surface area contributed by atoms with E-state index in [1.807, 2.05) is 54.6 Å². The number of anilines is 3. The van der Waals surface area contributed by atoms with Crippen LogP contribution in [-0.2, 0) is 4.79 Å². The standard InChI is InChI=1S/C26H31N5O2/c1-19(2)18-29-25(32)20-12-16-31(17-13-20)23-6-5-15-28-26(23)33-22-10-8-21(9-11-22)30-24-7-3-4-14-27-24/h3-11,14-15,19-20H,12-13,16-18H2,1-2H3,(H,27,30)(H,29,32). The largest absolute Gasteiger partial charge is 0.437 e. The zero-order chi connectivity index (χ0) is 23.0. The van der Waals surface area contributed by atoms with E-state index in [-0.39, 0.29) is 11.8 Å². The molecule has 0 aliphatic carbocycles. The molecule has 4 rings (SSSR count). The number of amides is 1. The van der Waals surface area contributed by atoms with Crippen LogP contribution in [0.1, 0.15) is 26.7 Å². The molecule has 172 valence electrons. The Balaban J connectivity index is 1.37. The second-order valence-corrected chi connectivity index (χ2v) is 8.69. The molecule has 1 aromatic carbocycles. The van der Waals surface area contributed by atoms with E-state index in [2.05, 4.69) is 39.3 Å². The lowest BCUT2D eigenvalue weighted by Gasteiger charge is -2.33. The van der Waals surface area contributed by atoms with Crippen LogP contribution in [-0.4, -0.2) is 35.5 Å². The van der Waals surface area contributed by atoms with Gasteiger partial charge in [-0.1, -0.05) is 19.9 Å². The average molecular weight is 446 g/mol. The summed E-state index contributed by atoms with van der Waals surface area (Å²) in [5.74, 6) is 2.78. The van der Waals surface area contributed by atoms with Crippen molar-refractivity contribution in [1.82, 2.24) is 15.3 Å². The maximum absolute atomic E-state index is 12.4. The van der Waals surface area contributed by atoms with Crippen molar-refractivity contribution in [2.24, 2.45) is 11.8 Å². The Morgan fingerprint density at radius 2 is 1.79 bits per heavy atom. The molecule has 0 unspecified atom stereocenters. The quantitative estimate of drug-likeness (QED) is 0.508. The van der Waals surface area contributed by atoms with E-state index >= 15 is 0 Å². The lowest BCUT2D eigenvalue weighted by molar-refractivity contribution is -0.125. The molecule has 0 spiro atoms. The van der Waals surface area contributed by atoms with E-state index < -0.39 is 0 Å². The first-order chi connectivity index (χ1) is 16.1. The molecule has 7 nitrogen and oxygen atoms in total. The molecule has 1 aliphatic heterocycles. The van der Waals surface area contributed by atoms with Gasteiger partial charge in [-0.3, -0.25) is 4.79 Å². The third-order valence-corrected chi connectivity index (χ3v) is 5.65. The number of carbonyl (C=O) groups is 1. The lowest BCUT2D eigenvalue weighted by atomic mass is 9.95. The molecule has 1 fully saturated rings. The molecule has 0 bridgehead atoms. The first-order valence-electron chi connectivity index (χ1n) is 11.5. The van der Waals surface area contributed by atoms with Gasteiger partial charge >= 0.3 is 0 Å². The van der Waals surface area contributed by atoms with Gasteiger partial charge < -0.3 is 20.3 Å². The van der Waals surface area contributed by atoms with E-state index in [0.717, 1.165) is 49.7 Å². The molecule has 3 heterocycles. The van der Waals surface area contributed by atoms with Crippen LogP contribution in [0.25, 0.3) is 0 Å². The van der Waals surface area contributed by atoms with E-state index in [0.29, 0.717) is 17.5 Å². The van der Waals surface area contributed by atoms with E-state index in [4.69, 9.17) is 4.74 Å². The fraction of sp³-hybridized carbons (Fsp3) is 0.346. The smallest absolute Gasteiger partial charge is 0.243 e. The van der Waals surface area contributed by atoms with Crippen molar-refractivity contribution < 1.29 is 9.53 Å². The van der Waals surface area contributed by atoms with Crippen LogP contribution in [0, 0.1) is 11.8 Å². The van der Waals surface area contributed by atoms with Gasteiger partial charge in [0.25, 0.3) is 0 Å². The zero-order valence-corrected chi connectivity index (χ0v) is 19.2. The number of nitrogens with one attached hydrogen (secondary N) is 2. The van der Waals surface area contributed by atoms with Crippen molar-refractivity contribution >= 4 is 23.1 Å². The number of hydrogen-bond donors (Lipinski definition) is 2. The Morgan fingerprint density at radius 3 is 2.48 bits per heavy atom. The van der Waals surface area contributed by atoms with E-state index in [1.54, 1.807) is 12.4 Å². The van der Waals surface area contributed by atoms with Gasteiger partial charge in [-0.2, -0.15) is 0 Å². The molecule has 1 saturated heterocycles. The van der Waals surface area contributed by atoms with E-state index in [9.17, 15) is 4.79 Å². The van der Waals surface area contributed by atoms with Gasteiger partial charge in [-0.25, -0.2) is 9.97 Å².